The highest BCUT2D eigenvalue weighted by Gasteiger charge is 2.48. The number of nitrogens with zero attached hydrogens (tertiary/aromatic N) is 1. The van der Waals surface area contributed by atoms with Crippen LogP contribution in [0.4, 0.5) is 5.69 Å². The zero-order valence-electron chi connectivity index (χ0n) is 17.7. The van der Waals surface area contributed by atoms with Gasteiger partial charge in [-0.3, -0.25) is 14.5 Å². The van der Waals surface area contributed by atoms with Crippen molar-refractivity contribution in [3.63, 3.8) is 0 Å². The molecule has 1 saturated heterocycles. The highest BCUT2D eigenvalue weighted by atomic mass is 79.9. The number of furan rings is 1. The van der Waals surface area contributed by atoms with E-state index in [1.54, 1.807) is 61.5 Å². The Labute approximate surface area is 194 Å². The third-order valence-electron chi connectivity index (χ3n) is 5.14. The average molecular weight is 496 g/mol. The number of halogens is 1. The molecule has 0 aliphatic carbocycles. The largest absolute Gasteiger partial charge is 0.507 e. The number of hydrogen-bond acceptors (Lipinski definition) is 5. The van der Waals surface area contributed by atoms with Crippen LogP contribution in [0, 0.1) is 6.92 Å². The van der Waals surface area contributed by atoms with Crippen molar-refractivity contribution in [2.24, 2.45) is 0 Å². The number of hydrogen-bond donors (Lipinski definition) is 1. The van der Waals surface area contributed by atoms with Gasteiger partial charge in [0.2, 0.25) is 0 Å². The molecule has 1 aliphatic heterocycles. The Hall–Kier alpha value is -3.32. The van der Waals surface area contributed by atoms with Crippen LogP contribution in [0.15, 0.2) is 75.1 Å². The molecule has 1 atom stereocenters. The normalized spacial score (nSPS) is 17.7. The second-order valence-electron chi connectivity index (χ2n) is 7.47. The predicted molar refractivity (Wildman–Crippen MR) is 125 cm³/mol. The van der Waals surface area contributed by atoms with Gasteiger partial charge in [-0.25, -0.2) is 0 Å². The predicted octanol–water partition coefficient (Wildman–Crippen LogP) is 5.77. The molecule has 1 aliphatic rings. The van der Waals surface area contributed by atoms with Crippen LogP contribution < -0.4 is 9.64 Å². The van der Waals surface area contributed by atoms with E-state index in [1.165, 1.54) is 4.90 Å². The lowest BCUT2D eigenvalue weighted by Crippen LogP contribution is -2.29. The molecule has 6 nitrogen and oxygen atoms in total. The molecule has 32 heavy (non-hydrogen) atoms. The number of Topliss-reactive ketones (excluding diaryl/α,β-unsaturated/α-hetero) is 1. The third kappa shape index (κ3) is 4.08. The summed E-state index contributed by atoms with van der Waals surface area (Å²) in [5.74, 6) is -0.190. The van der Waals surface area contributed by atoms with E-state index in [2.05, 4.69) is 15.9 Å². The summed E-state index contributed by atoms with van der Waals surface area (Å²) in [6.45, 7) is 4.31. The molecule has 4 rings (SSSR count). The maximum Gasteiger partial charge on any atom is 0.300 e. The summed E-state index contributed by atoms with van der Waals surface area (Å²) >= 11 is 3.41. The van der Waals surface area contributed by atoms with Gasteiger partial charge in [-0.05, 0) is 55.8 Å². The van der Waals surface area contributed by atoms with Crippen molar-refractivity contribution < 1.29 is 23.8 Å². The Bertz CT molecular complexity index is 1210. The molecular weight excluding hydrogens is 474 g/mol. The number of ether oxygens (including phenoxy) is 1. The molecule has 0 spiro atoms. The lowest BCUT2D eigenvalue weighted by atomic mass is 9.99. The molecular formula is C25H22BrNO5. The van der Waals surface area contributed by atoms with E-state index in [-0.39, 0.29) is 11.3 Å². The minimum Gasteiger partial charge on any atom is -0.507 e. The number of amides is 1. The Kier molecular flexibility index (Phi) is 6.19. The van der Waals surface area contributed by atoms with Crippen LogP contribution in [0.3, 0.4) is 0 Å². The summed E-state index contributed by atoms with van der Waals surface area (Å²) in [5, 5.41) is 11.2. The number of aliphatic hydroxyl groups is 1. The summed E-state index contributed by atoms with van der Waals surface area (Å²) in [5.41, 5.74) is 0.871. The van der Waals surface area contributed by atoms with Crippen LogP contribution in [-0.4, -0.2) is 23.4 Å². The van der Waals surface area contributed by atoms with Gasteiger partial charge in [0.25, 0.3) is 11.7 Å². The van der Waals surface area contributed by atoms with Crippen LogP contribution in [0.5, 0.6) is 5.75 Å². The molecule has 3 aromatic rings. The van der Waals surface area contributed by atoms with Gasteiger partial charge in [0.15, 0.2) is 0 Å². The quantitative estimate of drug-likeness (QED) is 0.267. The van der Waals surface area contributed by atoms with Gasteiger partial charge in [0, 0.05) is 15.7 Å². The highest BCUT2D eigenvalue weighted by molar-refractivity contribution is 9.10. The summed E-state index contributed by atoms with van der Waals surface area (Å²) in [6.07, 6.45) is 0.839. The smallest absolute Gasteiger partial charge is 0.300 e. The molecule has 2 heterocycles. The SMILES string of the molecule is CCCOc1cccc(/C(O)=C2/C(=O)C(=O)N(c3cccc(Br)c3)C2c2ccc(C)o2)c1. The Morgan fingerprint density at radius 3 is 2.59 bits per heavy atom. The second kappa shape index (κ2) is 9.04. The van der Waals surface area contributed by atoms with Crippen molar-refractivity contribution >= 4 is 39.1 Å². The molecule has 1 aromatic heterocycles. The first kappa shape index (κ1) is 21.9. The Balaban J connectivity index is 1.88. The van der Waals surface area contributed by atoms with Crippen molar-refractivity contribution in [1.29, 1.82) is 0 Å². The number of rotatable bonds is 6. The minimum absolute atomic E-state index is 0.0306. The number of carbonyl (C=O) groups is 2. The van der Waals surface area contributed by atoms with E-state index >= 15 is 0 Å². The number of anilines is 1. The van der Waals surface area contributed by atoms with E-state index in [0.717, 1.165) is 10.9 Å². The molecule has 7 heteroatoms. The number of aryl methyl sites for hydroxylation is 1. The number of aliphatic hydroxyl groups excluding tert-OH is 1. The lowest BCUT2D eigenvalue weighted by Gasteiger charge is -2.23. The molecule has 0 bridgehead atoms. The second-order valence-corrected chi connectivity index (χ2v) is 8.39. The Morgan fingerprint density at radius 2 is 1.91 bits per heavy atom. The third-order valence-corrected chi connectivity index (χ3v) is 5.64. The molecule has 1 fully saturated rings. The summed E-state index contributed by atoms with van der Waals surface area (Å²) < 4.78 is 12.2. The molecule has 0 saturated carbocycles. The lowest BCUT2D eigenvalue weighted by molar-refractivity contribution is -0.132. The molecule has 1 unspecified atom stereocenters. The highest BCUT2D eigenvalue weighted by Crippen LogP contribution is 2.43. The van der Waals surface area contributed by atoms with E-state index in [0.29, 0.717) is 35.1 Å². The van der Waals surface area contributed by atoms with Gasteiger partial charge >= 0.3 is 0 Å². The zero-order valence-corrected chi connectivity index (χ0v) is 19.3. The standard InChI is InChI=1S/C25H22BrNO5/c1-3-12-31-19-9-4-6-16(13-19)23(28)21-22(20-11-10-15(2)32-20)27(25(30)24(21)29)18-8-5-7-17(26)14-18/h4-11,13-14,22,28H,3,12H2,1-2H3/b23-21-. The maximum atomic E-state index is 13.1. The first-order valence-corrected chi connectivity index (χ1v) is 11.1. The summed E-state index contributed by atoms with van der Waals surface area (Å²) in [4.78, 5) is 27.6. The van der Waals surface area contributed by atoms with E-state index in [1.807, 2.05) is 13.0 Å². The van der Waals surface area contributed by atoms with Gasteiger partial charge in [0.05, 0.1) is 12.2 Å². The first-order valence-electron chi connectivity index (χ1n) is 10.3. The van der Waals surface area contributed by atoms with E-state index < -0.39 is 17.7 Å². The molecule has 2 aromatic carbocycles. The van der Waals surface area contributed by atoms with Gasteiger partial charge in [-0.2, -0.15) is 0 Å². The Morgan fingerprint density at radius 1 is 1.12 bits per heavy atom. The van der Waals surface area contributed by atoms with Gasteiger partial charge < -0.3 is 14.3 Å². The van der Waals surface area contributed by atoms with Crippen LogP contribution in [0.2, 0.25) is 0 Å². The van der Waals surface area contributed by atoms with Crippen molar-refractivity contribution in [3.05, 3.63) is 87.8 Å². The topological polar surface area (TPSA) is 80.0 Å². The van der Waals surface area contributed by atoms with E-state index in [4.69, 9.17) is 9.15 Å². The van der Waals surface area contributed by atoms with Gasteiger partial charge in [-0.1, -0.05) is 41.1 Å². The molecule has 0 radical (unpaired) electrons. The van der Waals surface area contributed by atoms with Crippen molar-refractivity contribution in [2.75, 3.05) is 11.5 Å². The summed E-state index contributed by atoms with van der Waals surface area (Å²) in [7, 11) is 0. The molecule has 1 N–H and O–H groups in total. The fourth-order valence-corrected chi connectivity index (χ4v) is 4.09. The van der Waals surface area contributed by atoms with E-state index in [9.17, 15) is 14.7 Å². The number of benzene rings is 2. The summed E-state index contributed by atoms with van der Waals surface area (Å²) in [6, 6.07) is 16.5. The van der Waals surface area contributed by atoms with Crippen LogP contribution in [0.1, 0.15) is 36.5 Å². The monoisotopic (exact) mass is 495 g/mol. The van der Waals surface area contributed by atoms with Crippen LogP contribution in [0.25, 0.3) is 5.76 Å². The number of ketones is 1. The molecule has 164 valence electrons. The average Bonchev–Trinajstić information content (AvgIpc) is 3.33. The van der Waals surface area contributed by atoms with Crippen LogP contribution in [-0.2, 0) is 9.59 Å². The van der Waals surface area contributed by atoms with Crippen molar-refractivity contribution in [1.82, 2.24) is 0 Å². The minimum atomic E-state index is -0.904. The first-order chi connectivity index (χ1) is 15.4. The molecule has 1 amide bonds. The van der Waals surface area contributed by atoms with Gasteiger partial charge in [0.1, 0.15) is 29.1 Å². The van der Waals surface area contributed by atoms with Crippen molar-refractivity contribution in [2.45, 2.75) is 26.3 Å². The number of carbonyl (C=O) groups excluding carboxylic acids is 2. The fraction of sp³-hybridized carbons (Fsp3) is 0.200. The zero-order chi connectivity index (χ0) is 22.8. The van der Waals surface area contributed by atoms with Crippen molar-refractivity contribution in [3.8, 4) is 5.75 Å². The van der Waals surface area contributed by atoms with Crippen LogP contribution >= 0.6 is 15.9 Å². The maximum absolute atomic E-state index is 13.1. The van der Waals surface area contributed by atoms with Gasteiger partial charge in [-0.15, -0.1) is 0 Å². The fourth-order valence-electron chi connectivity index (χ4n) is 3.70.